The van der Waals surface area contributed by atoms with Gasteiger partial charge in [0.25, 0.3) is 0 Å². The van der Waals surface area contributed by atoms with Gasteiger partial charge in [0.15, 0.2) is 0 Å². The third kappa shape index (κ3) is 5.29. The monoisotopic (exact) mass is 405 g/mol. The molecule has 1 aliphatic heterocycles. The molecule has 4 nitrogen and oxygen atoms in total. The molecule has 1 atom stereocenters. The quantitative estimate of drug-likeness (QED) is 0.800. The summed E-state index contributed by atoms with van der Waals surface area (Å²) in [7, 11) is 0. The van der Waals surface area contributed by atoms with E-state index in [0.29, 0.717) is 31.9 Å². The normalized spacial score (nSPS) is 16.5. The Bertz CT molecular complexity index is 828. The molecule has 1 fully saturated rings. The van der Waals surface area contributed by atoms with Gasteiger partial charge in [0.1, 0.15) is 0 Å². The second-order valence-electron chi connectivity index (χ2n) is 7.29. The summed E-state index contributed by atoms with van der Waals surface area (Å²) in [4.78, 5) is 16.6. The predicted octanol–water partition coefficient (Wildman–Crippen LogP) is 4.42. The van der Waals surface area contributed by atoms with Crippen molar-refractivity contribution < 1.29 is 18.0 Å². The molecule has 1 heterocycles. The standard InChI is InChI=1S/C22H26F3N3O/c1-3-17-7-9-19(10-8-17)26-21(29)16(2)27-11-13-28(14-12-27)20-6-4-5-18(15-20)22(23,24)25/h4-10,15-16H,3,11-14H2,1-2H3,(H,26,29)/t16-/m0/s1. The van der Waals surface area contributed by atoms with Crippen LogP contribution in [0.4, 0.5) is 24.5 Å². The molecule has 1 aliphatic rings. The van der Waals surface area contributed by atoms with Crippen molar-refractivity contribution in [2.45, 2.75) is 32.5 Å². The molecular formula is C22H26F3N3O. The van der Waals surface area contributed by atoms with Crippen LogP contribution >= 0.6 is 0 Å². The largest absolute Gasteiger partial charge is 0.416 e. The van der Waals surface area contributed by atoms with Crippen molar-refractivity contribution in [1.82, 2.24) is 4.90 Å². The number of nitrogens with one attached hydrogen (secondary N) is 1. The van der Waals surface area contributed by atoms with Crippen LogP contribution in [0.25, 0.3) is 0 Å². The summed E-state index contributed by atoms with van der Waals surface area (Å²) in [6, 6.07) is 12.9. The smallest absolute Gasteiger partial charge is 0.369 e. The molecule has 2 aromatic carbocycles. The van der Waals surface area contributed by atoms with Crippen LogP contribution in [0.3, 0.4) is 0 Å². The Kier molecular flexibility index (Phi) is 6.47. The maximum atomic E-state index is 12.9. The Hall–Kier alpha value is -2.54. The lowest BCUT2D eigenvalue weighted by Gasteiger charge is -2.38. The molecule has 0 radical (unpaired) electrons. The number of benzene rings is 2. The molecule has 0 aromatic heterocycles. The van der Waals surface area contributed by atoms with Crippen LogP contribution in [-0.4, -0.2) is 43.0 Å². The van der Waals surface area contributed by atoms with Crippen LogP contribution in [0, 0.1) is 0 Å². The number of alkyl halides is 3. The highest BCUT2D eigenvalue weighted by Crippen LogP contribution is 2.32. The van der Waals surface area contributed by atoms with Crippen LogP contribution in [0.5, 0.6) is 0 Å². The summed E-state index contributed by atoms with van der Waals surface area (Å²) in [5.74, 6) is -0.0817. The number of carbonyl (C=O) groups is 1. The summed E-state index contributed by atoms with van der Waals surface area (Å²) in [6.07, 6.45) is -3.40. The van der Waals surface area contributed by atoms with E-state index in [4.69, 9.17) is 0 Å². The molecule has 2 aromatic rings. The first kappa shape index (κ1) is 21.2. The van der Waals surface area contributed by atoms with E-state index in [2.05, 4.69) is 17.1 Å². The number of amides is 1. The van der Waals surface area contributed by atoms with Crippen molar-refractivity contribution in [3.63, 3.8) is 0 Å². The van der Waals surface area contributed by atoms with Crippen molar-refractivity contribution in [1.29, 1.82) is 0 Å². The Morgan fingerprint density at radius 1 is 1.07 bits per heavy atom. The molecule has 0 bridgehead atoms. The second kappa shape index (κ2) is 8.86. The van der Waals surface area contributed by atoms with Crippen molar-refractivity contribution in [2.24, 2.45) is 0 Å². The molecule has 1 N–H and O–H groups in total. The Morgan fingerprint density at radius 2 is 1.72 bits per heavy atom. The lowest BCUT2D eigenvalue weighted by Crippen LogP contribution is -2.52. The molecule has 3 rings (SSSR count). The van der Waals surface area contributed by atoms with E-state index in [-0.39, 0.29) is 11.9 Å². The lowest BCUT2D eigenvalue weighted by atomic mass is 10.1. The van der Waals surface area contributed by atoms with Gasteiger partial charge in [-0.2, -0.15) is 13.2 Å². The van der Waals surface area contributed by atoms with Crippen LogP contribution in [0.15, 0.2) is 48.5 Å². The molecule has 0 saturated carbocycles. The Balaban J connectivity index is 1.56. The minimum absolute atomic E-state index is 0.0817. The number of piperazine rings is 1. The molecule has 0 spiro atoms. The maximum absolute atomic E-state index is 12.9. The van der Waals surface area contributed by atoms with Crippen LogP contribution in [0.2, 0.25) is 0 Å². The number of anilines is 2. The van der Waals surface area contributed by atoms with Gasteiger partial charge in [0.05, 0.1) is 11.6 Å². The molecule has 0 unspecified atom stereocenters. The highest BCUT2D eigenvalue weighted by molar-refractivity contribution is 5.94. The van der Waals surface area contributed by atoms with Crippen molar-refractivity contribution >= 4 is 17.3 Å². The van der Waals surface area contributed by atoms with E-state index in [0.717, 1.165) is 18.2 Å². The predicted molar refractivity (Wildman–Crippen MR) is 109 cm³/mol. The van der Waals surface area contributed by atoms with Gasteiger partial charge in [-0.05, 0) is 49.2 Å². The van der Waals surface area contributed by atoms with Crippen molar-refractivity contribution in [2.75, 3.05) is 36.4 Å². The first-order chi connectivity index (χ1) is 13.8. The summed E-state index contributed by atoms with van der Waals surface area (Å²) in [5.41, 5.74) is 1.90. The van der Waals surface area contributed by atoms with Gasteiger partial charge in [-0.3, -0.25) is 9.69 Å². The van der Waals surface area contributed by atoms with Crippen LogP contribution in [0.1, 0.15) is 25.0 Å². The average Bonchev–Trinajstić information content (AvgIpc) is 2.73. The van der Waals surface area contributed by atoms with Gasteiger partial charge >= 0.3 is 6.18 Å². The zero-order valence-electron chi connectivity index (χ0n) is 16.7. The first-order valence-corrected chi connectivity index (χ1v) is 9.84. The summed E-state index contributed by atoms with van der Waals surface area (Å²) in [6.45, 7) is 6.30. The van der Waals surface area contributed by atoms with E-state index in [1.807, 2.05) is 36.1 Å². The van der Waals surface area contributed by atoms with Crippen molar-refractivity contribution in [3.8, 4) is 0 Å². The molecule has 7 heteroatoms. The SMILES string of the molecule is CCc1ccc(NC(=O)[C@H](C)N2CCN(c3cccc(C(F)(F)F)c3)CC2)cc1. The number of nitrogens with zero attached hydrogens (tertiary/aromatic N) is 2. The van der Waals surface area contributed by atoms with E-state index in [1.54, 1.807) is 6.07 Å². The number of rotatable bonds is 5. The topological polar surface area (TPSA) is 35.6 Å². The van der Waals surface area contributed by atoms with Gasteiger partial charge in [-0.15, -0.1) is 0 Å². The van der Waals surface area contributed by atoms with Gasteiger partial charge in [0, 0.05) is 37.6 Å². The maximum Gasteiger partial charge on any atom is 0.416 e. The fourth-order valence-corrected chi connectivity index (χ4v) is 3.48. The highest BCUT2D eigenvalue weighted by Gasteiger charge is 2.31. The number of halogens is 3. The molecule has 156 valence electrons. The third-order valence-electron chi connectivity index (χ3n) is 5.41. The summed E-state index contributed by atoms with van der Waals surface area (Å²) in [5, 5.41) is 2.94. The number of hydrogen-bond acceptors (Lipinski definition) is 3. The zero-order chi connectivity index (χ0) is 21.0. The third-order valence-corrected chi connectivity index (χ3v) is 5.41. The molecule has 0 aliphatic carbocycles. The van der Waals surface area contributed by atoms with Crippen LogP contribution in [-0.2, 0) is 17.4 Å². The summed E-state index contributed by atoms with van der Waals surface area (Å²) >= 11 is 0. The number of aryl methyl sites for hydroxylation is 1. The van der Waals surface area contributed by atoms with E-state index in [9.17, 15) is 18.0 Å². The minimum atomic E-state index is -4.35. The van der Waals surface area contributed by atoms with Gasteiger partial charge in [-0.25, -0.2) is 0 Å². The molecule has 1 saturated heterocycles. The first-order valence-electron chi connectivity index (χ1n) is 9.84. The Morgan fingerprint density at radius 3 is 2.31 bits per heavy atom. The number of carbonyl (C=O) groups excluding carboxylic acids is 1. The highest BCUT2D eigenvalue weighted by atomic mass is 19.4. The number of hydrogen-bond donors (Lipinski definition) is 1. The van der Waals surface area contributed by atoms with E-state index >= 15 is 0 Å². The minimum Gasteiger partial charge on any atom is -0.369 e. The van der Waals surface area contributed by atoms with Gasteiger partial charge < -0.3 is 10.2 Å². The second-order valence-corrected chi connectivity index (χ2v) is 7.29. The zero-order valence-corrected chi connectivity index (χ0v) is 16.7. The fourth-order valence-electron chi connectivity index (χ4n) is 3.48. The van der Waals surface area contributed by atoms with Crippen LogP contribution < -0.4 is 10.2 Å². The lowest BCUT2D eigenvalue weighted by molar-refractivity contribution is -0.137. The average molecular weight is 405 g/mol. The van der Waals surface area contributed by atoms with E-state index in [1.165, 1.54) is 17.7 Å². The molecule has 29 heavy (non-hydrogen) atoms. The van der Waals surface area contributed by atoms with Gasteiger partial charge in [-0.1, -0.05) is 25.1 Å². The Labute approximate surface area is 169 Å². The summed E-state index contributed by atoms with van der Waals surface area (Å²) < 4.78 is 38.8. The molecular weight excluding hydrogens is 379 g/mol. The van der Waals surface area contributed by atoms with E-state index < -0.39 is 11.7 Å². The fraction of sp³-hybridized carbons (Fsp3) is 0.409. The van der Waals surface area contributed by atoms with Gasteiger partial charge in [0.2, 0.25) is 5.91 Å². The molecule has 1 amide bonds. The van der Waals surface area contributed by atoms with Crippen molar-refractivity contribution in [3.05, 3.63) is 59.7 Å².